The molecule has 0 radical (unpaired) electrons. The highest BCUT2D eigenvalue weighted by molar-refractivity contribution is 9.10. The van der Waals surface area contributed by atoms with E-state index in [1.165, 1.54) is 0 Å². The van der Waals surface area contributed by atoms with Gasteiger partial charge in [-0.15, -0.1) is 0 Å². The number of hydrogen-bond donors (Lipinski definition) is 0. The summed E-state index contributed by atoms with van der Waals surface area (Å²) in [6, 6.07) is 13.1. The molecular formula is C22H22BrNO4. The Morgan fingerprint density at radius 2 is 1.93 bits per heavy atom. The van der Waals surface area contributed by atoms with Crippen molar-refractivity contribution in [1.82, 2.24) is 0 Å². The Bertz CT molecular complexity index is 906. The van der Waals surface area contributed by atoms with Crippen LogP contribution in [0.5, 0.6) is 11.5 Å². The van der Waals surface area contributed by atoms with Crippen LogP contribution in [0.3, 0.4) is 0 Å². The topological polar surface area (TPSA) is 57.1 Å². The highest BCUT2D eigenvalue weighted by Gasteiger charge is 2.24. The first-order chi connectivity index (χ1) is 13.6. The summed E-state index contributed by atoms with van der Waals surface area (Å²) in [6.07, 6.45) is 3.70. The summed E-state index contributed by atoms with van der Waals surface area (Å²) in [4.78, 5) is 16.6. The Kier molecular flexibility index (Phi) is 6.87. The number of unbranched alkanes of at least 4 members (excludes halogenated alkanes) is 1. The largest absolute Gasteiger partial charge is 0.490 e. The number of halogens is 1. The number of carbonyl (C=O) groups is 1. The molecule has 0 bridgehead atoms. The molecule has 0 saturated carbocycles. The fourth-order valence-electron chi connectivity index (χ4n) is 2.66. The van der Waals surface area contributed by atoms with Gasteiger partial charge in [-0.25, -0.2) is 9.79 Å². The number of esters is 1. The number of benzene rings is 2. The molecule has 28 heavy (non-hydrogen) atoms. The van der Waals surface area contributed by atoms with Crippen LogP contribution in [-0.4, -0.2) is 25.1 Å². The van der Waals surface area contributed by atoms with Gasteiger partial charge in [-0.3, -0.25) is 0 Å². The van der Waals surface area contributed by atoms with Gasteiger partial charge in [-0.1, -0.05) is 31.5 Å². The van der Waals surface area contributed by atoms with Crippen molar-refractivity contribution in [2.75, 3.05) is 13.2 Å². The van der Waals surface area contributed by atoms with Crippen molar-refractivity contribution in [2.45, 2.75) is 26.7 Å². The lowest BCUT2D eigenvalue weighted by Gasteiger charge is -2.14. The summed E-state index contributed by atoms with van der Waals surface area (Å²) in [5.74, 6) is 1.12. The maximum atomic E-state index is 12.2. The zero-order chi connectivity index (χ0) is 19.9. The summed E-state index contributed by atoms with van der Waals surface area (Å²) in [7, 11) is 0. The maximum Gasteiger partial charge on any atom is 0.363 e. The summed E-state index contributed by atoms with van der Waals surface area (Å²) < 4.78 is 17.7. The second kappa shape index (κ2) is 9.55. The molecule has 0 N–H and O–H groups in total. The summed E-state index contributed by atoms with van der Waals surface area (Å²) in [6.45, 7) is 5.16. The molecule has 0 saturated heterocycles. The number of hydrogen-bond acceptors (Lipinski definition) is 5. The first-order valence-corrected chi connectivity index (χ1v) is 10.1. The minimum atomic E-state index is -0.476. The van der Waals surface area contributed by atoms with E-state index < -0.39 is 5.97 Å². The molecule has 2 aromatic rings. The van der Waals surface area contributed by atoms with Crippen LogP contribution in [0.4, 0.5) is 0 Å². The Morgan fingerprint density at radius 1 is 1.14 bits per heavy atom. The number of cyclic esters (lactones) is 1. The van der Waals surface area contributed by atoms with Crippen LogP contribution < -0.4 is 9.47 Å². The zero-order valence-electron chi connectivity index (χ0n) is 15.9. The van der Waals surface area contributed by atoms with Crippen molar-refractivity contribution in [3.8, 4) is 11.5 Å². The summed E-state index contributed by atoms with van der Waals surface area (Å²) >= 11 is 3.55. The smallest absolute Gasteiger partial charge is 0.363 e. The van der Waals surface area contributed by atoms with Gasteiger partial charge in [0.1, 0.15) is 0 Å². The van der Waals surface area contributed by atoms with Crippen LogP contribution in [0.1, 0.15) is 37.8 Å². The second-order valence-corrected chi connectivity index (χ2v) is 7.02. The van der Waals surface area contributed by atoms with E-state index in [-0.39, 0.29) is 5.70 Å². The quantitative estimate of drug-likeness (QED) is 0.312. The van der Waals surface area contributed by atoms with Gasteiger partial charge in [0.25, 0.3) is 0 Å². The molecule has 146 valence electrons. The first-order valence-electron chi connectivity index (χ1n) is 9.29. The van der Waals surface area contributed by atoms with Crippen LogP contribution in [0.15, 0.2) is 57.6 Å². The molecule has 3 rings (SSSR count). The Hall–Kier alpha value is -2.60. The van der Waals surface area contributed by atoms with Crippen molar-refractivity contribution in [3.63, 3.8) is 0 Å². The maximum absolute atomic E-state index is 12.2. The third kappa shape index (κ3) is 4.81. The van der Waals surface area contributed by atoms with E-state index in [4.69, 9.17) is 14.2 Å². The van der Waals surface area contributed by atoms with Crippen molar-refractivity contribution >= 4 is 33.9 Å². The number of carbonyl (C=O) groups excluding carboxylic acids is 1. The highest BCUT2D eigenvalue weighted by Crippen LogP contribution is 2.38. The van der Waals surface area contributed by atoms with Gasteiger partial charge < -0.3 is 14.2 Å². The van der Waals surface area contributed by atoms with Crippen molar-refractivity contribution < 1.29 is 19.0 Å². The van der Waals surface area contributed by atoms with E-state index >= 15 is 0 Å². The molecule has 1 aliphatic rings. The van der Waals surface area contributed by atoms with Gasteiger partial charge in [0, 0.05) is 5.56 Å². The molecule has 0 amide bonds. The standard InChI is InChI=1S/C22H22BrNO4/c1-3-5-11-27-20-17(23)12-15(14-19(20)26-4-2)13-18-22(25)28-21(24-18)16-9-7-6-8-10-16/h6-10,12-14H,3-5,11H2,1-2H3/b18-13-. The molecule has 0 aliphatic carbocycles. The molecule has 5 nitrogen and oxygen atoms in total. The van der Waals surface area contributed by atoms with Crippen LogP contribution in [0.2, 0.25) is 0 Å². The molecule has 0 aromatic heterocycles. The van der Waals surface area contributed by atoms with E-state index in [1.54, 1.807) is 6.08 Å². The SMILES string of the molecule is CCCCOc1c(Br)cc(/C=C2\N=C(c3ccccc3)OC2=O)cc1OCC. The monoisotopic (exact) mass is 443 g/mol. The lowest BCUT2D eigenvalue weighted by molar-refractivity contribution is -0.129. The predicted molar refractivity (Wildman–Crippen MR) is 113 cm³/mol. The van der Waals surface area contributed by atoms with E-state index in [9.17, 15) is 4.79 Å². The Labute approximate surface area is 173 Å². The predicted octanol–water partition coefficient (Wildman–Crippen LogP) is 5.37. The fourth-order valence-corrected chi connectivity index (χ4v) is 3.24. The third-order valence-electron chi connectivity index (χ3n) is 4.02. The molecule has 0 unspecified atom stereocenters. The minimum absolute atomic E-state index is 0.243. The Morgan fingerprint density at radius 3 is 2.64 bits per heavy atom. The minimum Gasteiger partial charge on any atom is -0.490 e. The summed E-state index contributed by atoms with van der Waals surface area (Å²) in [5.41, 5.74) is 1.77. The van der Waals surface area contributed by atoms with Crippen molar-refractivity contribution in [1.29, 1.82) is 0 Å². The molecule has 6 heteroatoms. The lowest BCUT2D eigenvalue weighted by Crippen LogP contribution is -2.05. The van der Waals surface area contributed by atoms with Gasteiger partial charge in [0.2, 0.25) is 5.90 Å². The molecule has 0 spiro atoms. The molecule has 1 aliphatic heterocycles. The van der Waals surface area contributed by atoms with Crippen LogP contribution in [0, 0.1) is 0 Å². The third-order valence-corrected chi connectivity index (χ3v) is 4.61. The lowest BCUT2D eigenvalue weighted by atomic mass is 10.1. The van der Waals surface area contributed by atoms with Gasteiger partial charge >= 0.3 is 5.97 Å². The normalized spacial score (nSPS) is 14.8. The molecule has 0 fully saturated rings. The average molecular weight is 444 g/mol. The van der Waals surface area contributed by atoms with Gasteiger partial charge in [0.15, 0.2) is 17.2 Å². The van der Waals surface area contributed by atoms with Crippen molar-refractivity contribution in [3.05, 3.63) is 63.8 Å². The van der Waals surface area contributed by atoms with Crippen LogP contribution >= 0.6 is 15.9 Å². The van der Waals surface area contributed by atoms with E-state index in [0.29, 0.717) is 30.6 Å². The average Bonchev–Trinajstić information content (AvgIpc) is 3.05. The van der Waals surface area contributed by atoms with Gasteiger partial charge in [-0.2, -0.15) is 0 Å². The first kappa shape index (κ1) is 20.1. The number of nitrogens with zero attached hydrogens (tertiary/aromatic N) is 1. The number of ether oxygens (including phenoxy) is 3. The van der Waals surface area contributed by atoms with Crippen molar-refractivity contribution in [2.24, 2.45) is 4.99 Å². The molecule has 1 heterocycles. The second-order valence-electron chi connectivity index (χ2n) is 6.17. The van der Waals surface area contributed by atoms with Crippen LogP contribution in [0.25, 0.3) is 6.08 Å². The number of rotatable bonds is 8. The van der Waals surface area contributed by atoms with Gasteiger partial charge in [-0.05, 0) is 65.2 Å². The molecule has 0 atom stereocenters. The van der Waals surface area contributed by atoms with Crippen LogP contribution in [-0.2, 0) is 9.53 Å². The zero-order valence-corrected chi connectivity index (χ0v) is 17.5. The summed E-state index contributed by atoms with van der Waals surface area (Å²) in [5, 5.41) is 0. The number of aliphatic imine (C=N–C) groups is 1. The fraction of sp³-hybridized carbons (Fsp3) is 0.273. The van der Waals surface area contributed by atoms with E-state index in [2.05, 4.69) is 27.8 Å². The van der Waals surface area contributed by atoms with Gasteiger partial charge in [0.05, 0.1) is 17.7 Å². The Balaban J connectivity index is 1.90. The highest BCUT2D eigenvalue weighted by atomic mass is 79.9. The molecular weight excluding hydrogens is 422 g/mol. The molecule has 2 aromatic carbocycles. The van der Waals surface area contributed by atoms with E-state index in [0.717, 1.165) is 28.4 Å². The van der Waals surface area contributed by atoms with E-state index in [1.807, 2.05) is 49.4 Å².